The first-order chi connectivity index (χ1) is 6.74. The van der Waals surface area contributed by atoms with E-state index in [1.165, 1.54) is 11.1 Å². The van der Waals surface area contributed by atoms with E-state index in [1.807, 2.05) is 0 Å². The van der Waals surface area contributed by atoms with Crippen molar-refractivity contribution in [1.29, 1.82) is 0 Å². The van der Waals surface area contributed by atoms with E-state index < -0.39 is 0 Å². The third-order valence-electron chi connectivity index (χ3n) is 2.36. The van der Waals surface area contributed by atoms with Crippen molar-refractivity contribution in [2.45, 2.75) is 26.3 Å². The Labute approximate surface area is 86.0 Å². The third-order valence-corrected chi connectivity index (χ3v) is 2.36. The molecule has 1 rings (SSSR count). The van der Waals surface area contributed by atoms with Gasteiger partial charge in [0.1, 0.15) is 6.54 Å². The first kappa shape index (κ1) is 11.2. The van der Waals surface area contributed by atoms with Crippen molar-refractivity contribution in [3.05, 3.63) is 35.4 Å². The van der Waals surface area contributed by atoms with Gasteiger partial charge in [-0.05, 0) is 11.5 Å². The van der Waals surface area contributed by atoms with Gasteiger partial charge in [-0.2, -0.15) is 0 Å². The minimum atomic E-state index is 0.254. The van der Waals surface area contributed by atoms with Crippen LogP contribution in [-0.2, 0) is 6.54 Å². The van der Waals surface area contributed by atoms with Gasteiger partial charge in [-0.25, -0.2) is 0 Å². The summed E-state index contributed by atoms with van der Waals surface area (Å²) in [6.07, 6.45) is 0. The van der Waals surface area contributed by atoms with Crippen molar-refractivity contribution in [3.8, 4) is 0 Å². The summed E-state index contributed by atoms with van der Waals surface area (Å²) in [5.74, 6) is 0.602. The van der Waals surface area contributed by atoms with Crippen LogP contribution in [0.1, 0.15) is 30.9 Å². The van der Waals surface area contributed by atoms with E-state index in [-0.39, 0.29) is 6.61 Å². The molecule has 14 heavy (non-hydrogen) atoms. The molecule has 2 nitrogen and oxygen atoms in total. The molecule has 0 atom stereocenters. The minimum absolute atomic E-state index is 0.254. The Morgan fingerprint density at radius 1 is 1.21 bits per heavy atom. The van der Waals surface area contributed by atoms with E-state index in [0.717, 1.165) is 13.1 Å². The van der Waals surface area contributed by atoms with Gasteiger partial charge >= 0.3 is 0 Å². The average Bonchev–Trinajstić information content (AvgIpc) is 2.19. The number of rotatable bonds is 5. The molecule has 0 spiro atoms. The average molecular weight is 194 g/mol. The Morgan fingerprint density at radius 3 is 2.36 bits per heavy atom. The second kappa shape index (κ2) is 5.78. The zero-order valence-electron chi connectivity index (χ0n) is 9.03. The molecule has 0 bridgehead atoms. The van der Waals surface area contributed by atoms with Crippen LogP contribution < -0.4 is 5.32 Å². The van der Waals surface area contributed by atoms with Crippen LogP contribution in [0.15, 0.2) is 24.3 Å². The van der Waals surface area contributed by atoms with Gasteiger partial charge in [-0.3, -0.25) is 0 Å². The van der Waals surface area contributed by atoms with E-state index in [1.54, 1.807) is 0 Å². The fourth-order valence-corrected chi connectivity index (χ4v) is 1.40. The molecule has 0 aliphatic carbocycles. The summed E-state index contributed by atoms with van der Waals surface area (Å²) in [6, 6.07) is 8.71. The summed E-state index contributed by atoms with van der Waals surface area (Å²) in [5.41, 5.74) is 2.71. The number of quaternary nitrogens is 1. The summed E-state index contributed by atoms with van der Waals surface area (Å²) < 4.78 is 0. The highest BCUT2D eigenvalue weighted by Gasteiger charge is 1.99. The Morgan fingerprint density at radius 2 is 1.86 bits per heavy atom. The van der Waals surface area contributed by atoms with Crippen LogP contribution in [0, 0.1) is 0 Å². The third kappa shape index (κ3) is 3.48. The smallest absolute Gasteiger partial charge is 0.101 e. The highest BCUT2D eigenvalue weighted by molar-refractivity contribution is 5.23. The summed E-state index contributed by atoms with van der Waals surface area (Å²) in [6.45, 7) is 6.40. The molecule has 0 unspecified atom stereocenters. The molecule has 0 amide bonds. The van der Waals surface area contributed by atoms with E-state index in [9.17, 15) is 0 Å². The van der Waals surface area contributed by atoms with E-state index >= 15 is 0 Å². The van der Waals surface area contributed by atoms with Crippen molar-refractivity contribution in [2.24, 2.45) is 0 Å². The van der Waals surface area contributed by atoms with Crippen LogP contribution >= 0.6 is 0 Å². The molecule has 1 aromatic rings. The van der Waals surface area contributed by atoms with Gasteiger partial charge in [-0.1, -0.05) is 38.1 Å². The Balaban J connectivity index is 2.47. The van der Waals surface area contributed by atoms with Gasteiger partial charge in [0.05, 0.1) is 13.2 Å². The summed E-state index contributed by atoms with van der Waals surface area (Å²) in [4.78, 5) is 0. The van der Waals surface area contributed by atoms with E-state index in [2.05, 4.69) is 43.4 Å². The van der Waals surface area contributed by atoms with Gasteiger partial charge < -0.3 is 10.4 Å². The maximum atomic E-state index is 8.63. The largest absolute Gasteiger partial charge is 0.391 e. The van der Waals surface area contributed by atoms with Crippen LogP contribution in [0.2, 0.25) is 0 Å². The first-order valence-electron chi connectivity index (χ1n) is 5.25. The molecule has 0 saturated carbocycles. The molecule has 0 aliphatic rings. The highest BCUT2D eigenvalue weighted by atomic mass is 16.3. The van der Waals surface area contributed by atoms with Gasteiger partial charge in [0.2, 0.25) is 0 Å². The van der Waals surface area contributed by atoms with Gasteiger partial charge in [0.15, 0.2) is 0 Å². The van der Waals surface area contributed by atoms with Gasteiger partial charge in [0.25, 0.3) is 0 Å². The van der Waals surface area contributed by atoms with Crippen LogP contribution in [0.5, 0.6) is 0 Å². The fraction of sp³-hybridized carbons (Fsp3) is 0.500. The Hall–Kier alpha value is -0.860. The standard InChI is InChI=1S/C12H19NO/c1-10(2)12-5-3-11(4-6-12)9-13-7-8-14/h3-6,10,13-14H,7-9H2,1-2H3/p+1. The predicted molar refractivity (Wildman–Crippen MR) is 58.1 cm³/mol. The molecule has 0 heterocycles. The fourth-order valence-electron chi connectivity index (χ4n) is 1.40. The number of hydrogen-bond acceptors (Lipinski definition) is 1. The second-order valence-corrected chi connectivity index (χ2v) is 3.90. The summed E-state index contributed by atoms with van der Waals surface area (Å²) in [5, 5.41) is 10.7. The maximum absolute atomic E-state index is 8.63. The first-order valence-corrected chi connectivity index (χ1v) is 5.25. The zero-order valence-corrected chi connectivity index (χ0v) is 9.03. The van der Waals surface area contributed by atoms with Gasteiger partial charge in [-0.15, -0.1) is 0 Å². The molecule has 0 radical (unpaired) electrons. The topological polar surface area (TPSA) is 36.8 Å². The number of benzene rings is 1. The van der Waals surface area contributed by atoms with Crippen molar-refractivity contribution in [2.75, 3.05) is 13.2 Å². The van der Waals surface area contributed by atoms with Crippen molar-refractivity contribution in [1.82, 2.24) is 0 Å². The Kier molecular flexibility index (Phi) is 4.63. The number of aliphatic hydroxyl groups is 1. The molecular weight excluding hydrogens is 174 g/mol. The SMILES string of the molecule is CC(C)c1ccc(C[NH2+]CCO)cc1. The lowest BCUT2D eigenvalue weighted by molar-refractivity contribution is -0.671. The quantitative estimate of drug-likeness (QED) is 0.670. The molecule has 78 valence electrons. The van der Waals surface area contributed by atoms with Crippen molar-refractivity contribution < 1.29 is 10.4 Å². The molecular formula is C12H20NO+. The minimum Gasteiger partial charge on any atom is -0.391 e. The van der Waals surface area contributed by atoms with Crippen molar-refractivity contribution >= 4 is 0 Å². The lowest BCUT2D eigenvalue weighted by atomic mass is 10.0. The summed E-state index contributed by atoms with van der Waals surface area (Å²) >= 11 is 0. The molecule has 3 N–H and O–H groups in total. The van der Waals surface area contributed by atoms with Crippen LogP contribution in [0.25, 0.3) is 0 Å². The van der Waals surface area contributed by atoms with Crippen molar-refractivity contribution in [3.63, 3.8) is 0 Å². The Bertz CT molecular complexity index is 254. The molecule has 2 heteroatoms. The molecule has 0 aliphatic heterocycles. The van der Waals surface area contributed by atoms with Gasteiger partial charge in [0, 0.05) is 5.56 Å². The number of hydrogen-bond donors (Lipinski definition) is 2. The van der Waals surface area contributed by atoms with Crippen LogP contribution in [0.3, 0.4) is 0 Å². The highest BCUT2D eigenvalue weighted by Crippen LogP contribution is 2.13. The monoisotopic (exact) mass is 194 g/mol. The van der Waals surface area contributed by atoms with Crippen LogP contribution in [-0.4, -0.2) is 18.3 Å². The number of nitrogens with two attached hydrogens (primary N) is 1. The molecule has 0 saturated heterocycles. The normalized spacial score (nSPS) is 10.9. The zero-order chi connectivity index (χ0) is 10.4. The van der Waals surface area contributed by atoms with E-state index in [4.69, 9.17) is 5.11 Å². The predicted octanol–water partition coefficient (Wildman–Crippen LogP) is 0.866. The molecule has 1 aromatic carbocycles. The molecule has 0 aromatic heterocycles. The molecule has 0 fully saturated rings. The lowest BCUT2D eigenvalue weighted by Crippen LogP contribution is -2.83. The second-order valence-electron chi connectivity index (χ2n) is 3.90. The maximum Gasteiger partial charge on any atom is 0.101 e. The van der Waals surface area contributed by atoms with E-state index in [0.29, 0.717) is 5.92 Å². The summed E-state index contributed by atoms with van der Waals surface area (Å²) in [7, 11) is 0. The number of aliphatic hydroxyl groups excluding tert-OH is 1. The van der Waals surface area contributed by atoms with Crippen LogP contribution in [0.4, 0.5) is 0 Å². The lowest BCUT2D eigenvalue weighted by Gasteiger charge is -2.06.